The first kappa shape index (κ1) is 15.1. The number of hydrogen-bond donors (Lipinski definition) is 0. The summed E-state index contributed by atoms with van der Waals surface area (Å²) in [5, 5.41) is 1.86. The molecule has 0 amide bonds. The standard InChI is InChI=1S/C18H11F3O2/c19-18(20,21)23-17-8-5-12(11-22)9-16(17)15-7-6-13-3-1-2-4-14(13)10-15/h1-11H. The number of hydrogen-bond acceptors (Lipinski definition) is 2. The predicted octanol–water partition coefficient (Wildman–Crippen LogP) is 5.22. The molecule has 0 heterocycles. The summed E-state index contributed by atoms with van der Waals surface area (Å²) >= 11 is 0. The monoisotopic (exact) mass is 316 g/mol. The van der Waals surface area contributed by atoms with Crippen LogP contribution in [0.3, 0.4) is 0 Å². The van der Waals surface area contributed by atoms with Crippen LogP contribution in [-0.4, -0.2) is 12.6 Å². The molecule has 23 heavy (non-hydrogen) atoms. The molecule has 0 radical (unpaired) electrons. The van der Waals surface area contributed by atoms with Crippen LogP contribution in [0.5, 0.6) is 5.75 Å². The van der Waals surface area contributed by atoms with E-state index in [9.17, 15) is 18.0 Å². The second-order valence-corrected chi connectivity index (χ2v) is 4.98. The Morgan fingerprint density at radius 1 is 0.870 bits per heavy atom. The maximum Gasteiger partial charge on any atom is 0.573 e. The van der Waals surface area contributed by atoms with Crippen molar-refractivity contribution in [3.63, 3.8) is 0 Å². The van der Waals surface area contributed by atoms with Gasteiger partial charge in [0.1, 0.15) is 12.0 Å². The van der Waals surface area contributed by atoms with Crippen molar-refractivity contribution in [2.75, 3.05) is 0 Å². The summed E-state index contributed by atoms with van der Waals surface area (Å²) < 4.78 is 41.8. The number of carbonyl (C=O) groups excluding carboxylic acids is 1. The third kappa shape index (κ3) is 3.34. The van der Waals surface area contributed by atoms with Crippen molar-refractivity contribution >= 4 is 17.1 Å². The van der Waals surface area contributed by atoms with Crippen LogP contribution in [-0.2, 0) is 0 Å². The van der Waals surface area contributed by atoms with E-state index >= 15 is 0 Å². The number of benzene rings is 3. The molecule has 5 heteroatoms. The van der Waals surface area contributed by atoms with Gasteiger partial charge < -0.3 is 4.74 Å². The first-order valence-electron chi connectivity index (χ1n) is 6.80. The molecule has 0 fully saturated rings. The minimum atomic E-state index is -4.80. The molecule has 0 aromatic heterocycles. The maximum absolute atomic E-state index is 12.6. The molecule has 3 aromatic rings. The summed E-state index contributed by atoms with van der Waals surface area (Å²) in [7, 11) is 0. The SMILES string of the molecule is O=Cc1ccc(OC(F)(F)F)c(-c2ccc3ccccc3c2)c1. The number of halogens is 3. The highest BCUT2D eigenvalue weighted by molar-refractivity contribution is 5.89. The first-order valence-corrected chi connectivity index (χ1v) is 6.80. The Morgan fingerprint density at radius 3 is 2.30 bits per heavy atom. The van der Waals surface area contributed by atoms with E-state index in [-0.39, 0.29) is 16.9 Å². The molecule has 0 spiro atoms. The van der Waals surface area contributed by atoms with Crippen molar-refractivity contribution in [2.24, 2.45) is 0 Å². The van der Waals surface area contributed by atoms with E-state index in [0.29, 0.717) is 11.8 Å². The lowest BCUT2D eigenvalue weighted by atomic mass is 9.99. The fraction of sp³-hybridized carbons (Fsp3) is 0.0556. The minimum absolute atomic E-state index is 0.220. The zero-order valence-electron chi connectivity index (χ0n) is 11.8. The van der Waals surface area contributed by atoms with Gasteiger partial charge in [-0.15, -0.1) is 13.2 Å². The van der Waals surface area contributed by atoms with E-state index in [2.05, 4.69) is 4.74 Å². The van der Waals surface area contributed by atoms with Crippen molar-refractivity contribution in [3.8, 4) is 16.9 Å². The van der Waals surface area contributed by atoms with Crippen molar-refractivity contribution in [2.45, 2.75) is 6.36 Å². The molecular weight excluding hydrogens is 305 g/mol. The summed E-state index contributed by atoms with van der Waals surface area (Å²) in [4.78, 5) is 10.9. The van der Waals surface area contributed by atoms with Gasteiger partial charge in [0.25, 0.3) is 0 Å². The van der Waals surface area contributed by atoms with Crippen molar-refractivity contribution in [3.05, 3.63) is 66.2 Å². The van der Waals surface area contributed by atoms with Crippen molar-refractivity contribution in [1.82, 2.24) is 0 Å². The Kier molecular flexibility index (Phi) is 3.78. The number of ether oxygens (including phenoxy) is 1. The molecule has 0 aliphatic carbocycles. The average molecular weight is 316 g/mol. The van der Waals surface area contributed by atoms with E-state index in [0.717, 1.165) is 16.8 Å². The van der Waals surface area contributed by atoms with Gasteiger partial charge in [-0.3, -0.25) is 4.79 Å². The summed E-state index contributed by atoms with van der Waals surface area (Å²) in [6.45, 7) is 0. The molecule has 116 valence electrons. The smallest absolute Gasteiger partial charge is 0.405 e. The maximum atomic E-state index is 12.6. The van der Waals surface area contributed by atoms with Gasteiger partial charge in [0, 0.05) is 11.1 Å². The van der Waals surface area contributed by atoms with Crippen LogP contribution < -0.4 is 4.74 Å². The lowest BCUT2D eigenvalue weighted by Gasteiger charge is -2.14. The van der Waals surface area contributed by atoms with Gasteiger partial charge >= 0.3 is 6.36 Å². The molecule has 0 N–H and O–H groups in total. The molecule has 0 aliphatic rings. The Labute approximate surface area is 130 Å². The van der Waals surface area contributed by atoms with E-state index in [1.165, 1.54) is 12.1 Å². The quantitative estimate of drug-likeness (QED) is 0.619. The Bertz CT molecular complexity index is 870. The summed E-state index contributed by atoms with van der Waals surface area (Å²) in [6.07, 6.45) is -4.21. The molecule has 0 bridgehead atoms. The molecule has 0 saturated carbocycles. The van der Waals surface area contributed by atoms with Gasteiger partial charge in [-0.2, -0.15) is 0 Å². The van der Waals surface area contributed by atoms with Gasteiger partial charge in [-0.05, 0) is 40.6 Å². The second kappa shape index (κ2) is 5.76. The Morgan fingerprint density at radius 2 is 1.61 bits per heavy atom. The van der Waals surface area contributed by atoms with Gasteiger partial charge in [0.2, 0.25) is 0 Å². The highest BCUT2D eigenvalue weighted by Gasteiger charge is 2.32. The third-order valence-electron chi connectivity index (χ3n) is 3.43. The molecule has 3 aromatic carbocycles. The molecular formula is C18H11F3O2. The molecule has 3 rings (SSSR count). The van der Waals surface area contributed by atoms with Crippen LogP contribution in [0.1, 0.15) is 10.4 Å². The number of aldehydes is 1. The molecule has 0 saturated heterocycles. The van der Waals surface area contributed by atoms with E-state index in [1.807, 2.05) is 30.3 Å². The summed E-state index contributed by atoms with van der Waals surface area (Å²) in [5.74, 6) is -0.335. The van der Waals surface area contributed by atoms with Crippen LogP contribution in [0.25, 0.3) is 21.9 Å². The van der Waals surface area contributed by atoms with Gasteiger partial charge in [0.05, 0.1) is 0 Å². The number of alkyl halides is 3. The molecule has 0 unspecified atom stereocenters. The molecule has 2 nitrogen and oxygen atoms in total. The Hall–Kier alpha value is -2.82. The highest BCUT2D eigenvalue weighted by atomic mass is 19.4. The largest absolute Gasteiger partial charge is 0.573 e. The lowest BCUT2D eigenvalue weighted by Crippen LogP contribution is -2.17. The molecule has 0 aliphatic heterocycles. The highest BCUT2D eigenvalue weighted by Crippen LogP contribution is 2.35. The average Bonchev–Trinajstić information content (AvgIpc) is 2.53. The first-order chi connectivity index (χ1) is 11.0. The zero-order chi connectivity index (χ0) is 16.4. The summed E-state index contributed by atoms with van der Waals surface area (Å²) in [5.41, 5.74) is 1.05. The van der Waals surface area contributed by atoms with E-state index in [1.54, 1.807) is 12.1 Å². The topological polar surface area (TPSA) is 26.3 Å². The van der Waals surface area contributed by atoms with Gasteiger partial charge in [-0.1, -0.05) is 36.4 Å². The predicted molar refractivity (Wildman–Crippen MR) is 81.5 cm³/mol. The van der Waals surface area contributed by atoms with Crippen LogP contribution in [0.4, 0.5) is 13.2 Å². The van der Waals surface area contributed by atoms with Crippen molar-refractivity contribution < 1.29 is 22.7 Å². The normalized spacial score (nSPS) is 11.4. The van der Waals surface area contributed by atoms with Crippen LogP contribution in [0.15, 0.2) is 60.7 Å². The van der Waals surface area contributed by atoms with E-state index in [4.69, 9.17) is 0 Å². The minimum Gasteiger partial charge on any atom is -0.405 e. The number of rotatable bonds is 3. The second-order valence-electron chi connectivity index (χ2n) is 4.98. The van der Waals surface area contributed by atoms with Crippen molar-refractivity contribution in [1.29, 1.82) is 0 Å². The van der Waals surface area contributed by atoms with Crippen LogP contribution in [0.2, 0.25) is 0 Å². The molecule has 0 atom stereocenters. The summed E-state index contributed by atoms with van der Waals surface area (Å²) in [6, 6.07) is 16.6. The van der Waals surface area contributed by atoms with Gasteiger partial charge in [0.15, 0.2) is 0 Å². The van der Waals surface area contributed by atoms with Crippen LogP contribution >= 0.6 is 0 Å². The number of carbonyl (C=O) groups is 1. The zero-order valence-corrected chi connectivity index (χ0v) is 11.8. The lowest BCUT2D eigenvalue weighted by molar-refractivity contribution is -0.274. The van der Waals surface area contributed by atoms with E-state index < -0.39 is 6.36 Å². The van der Waals surface area contributed by atoms with Gasteiger partial charge in [-0.25, -0.2) is 0 Å². The Balaban J connectivity index is 2.16. The number of fused-ring (bicyclic) bond motifs is 1. The van der Waals surface area contributed by atoms with Crippen LogP contribution in [0, 0.1) is 0 Å². The fourth-order valence-electron chi connectivity index (χ4n) is 2.42. The fourth-order valence-corrected chi connectivity index (χ4v) is 2.42. The third-order valence-corrected chi connectivity index (χ3v) is 3.43.